The van der Waals surface area contributed by atoms with Crippen LogP contribution in [0, 0.1) is 5.92 Å². The summed E-state index contributed by atoms with van der Waals surface area (Å²) in [5, 5.41) is 27.7. The van der Waals surface area contributed by atoms with Crippen LogP contribution in [-0.4, -0.2) is 60.6 Å². The van der Waals surface area contributed by atoms with Crippen LogP contribution in [0.2, 0.25) is 0 Å². The van der Waals surface area contributed by atoms with Gasteiger partial charge in [-0.05, 0) is 49.1 Å². The molecule has 0 bridgehead atoms. The monoisotopic (exact) mass is 524 g/mol. The van der Waals surface area contributed by atoms with Crippen LogP contribution < -0.4 is 21.9 Å². The number of rotatable bonds is 13. The summed E-state index contributed by atoms with van der Waals surface area (Å²) >= 11 is 0. The van der Waals surface area contributed by atoms with Gasteiger partial charge in [0, 0.05) is 22.7 Å². The van der Waals surface area contributed by atoms with E-state index in [2.05, 4.69) is 40.6 Å². The molecule has 38 heavy (non-hydrogen) atoms. The van der Waals surface area contributed by atoms with E-state index in [1.54, 1.807) is 12.1 Å². The third-order valence-electron chi connectivity index (χ3n) is 5.45. The Bertz CT molecular complexity index is 1430. The number of aromatic nitrogens is 4. The fourth-order valence-electron chi connectivity index (χ4n) is 3.53. The highest BCUT2D eigenvalue weighted by molar-refractivity contribution is 5.97. The molecule has 0 radical (unpaired) electrons. The number of aliphatic carboxylic acids is 2. The number of fused-ring (bicyclic) bond motifs is 1. The van der Waals surface area contributed by atoms with Gasteiger partial charge >= 0.3 is 11.9 Å². The zero-order chi connectivity index (χ0) is 27.7. The second-order valence-electron chi connectivity index (χ2n) is 8.15. The van der Waals surface area contributed by atoms with Crippen molar-refractivity contribution in [2.75, 3.05) is 17.6 Å². The molecule has 0 aliphatic heterocycles. The third-order valence-corrected chi connectivity index (χ3v) is 5.45. The number of azide groups is 1. The molecule has 1 unspecified atom stereocenters. The lowest BCUT2D eigenvalue weighted by Gasteiger charge is -2.19. The van der Waals surface area contributed by atoms with Gasteiger partial charge in [0.1, 0.15) is 6.04 Å². The Morgan fingerprint density at radius 1 is 1.16 bits per heavy atom. The van der Waals surface area contributed by atoms with Crippen molar-refractivity contribution in [2.45, 2.75) is 31.8 Å². The Labute approximate surface area is 214 Å². The average Bonchev–Trinajstić information content (AvgIpc) is 2.88. The molecule has 2 heterocycles. The molecule has 0 saturated carbocycles. The van der Waals surface area contributed by atoms with Gasteiger partial charge in [-0.1, -0.05) is 5.11 Å². The average molecular weight is 524 g/mol. The number of anilines is 2. The second-order valence-corrected chi connectivity index (χ2v) is 8.15. The largest absolute Gasteiger partial charge is 0.481 e. The molecule has 0 aliphatic rings. The van der Waals surface area contributed by atoms with Crippen LogP contribution >= 0.6 is 0 Å². The molecule has 2 aromatic heterocycles. The van der Waals surface area contributed by atoms with Crippen molar-refractivity contribution in [3.8, 4) is 0 Å². The van der Waals surface area contributed by atoms with E-state index < -0.39 is 35.4 Å². The molecule has 16 nitrogen and oxygen atoms in total. The van der Waals surface area contributed by atoms with Gasteiger partial charge in [-0.25, -0.2) is 14.8 Å². The van der Waals surface area contributed by atoms with Gasteiger partial charge in [-0.2, -0.15) is 4.98 Å². The van der Waals surface area contributed by atoms with E-state index in [0.717, 1.165) is 0 Å². The fraction of sp³-hybridized carbons (Fsp3) is 0.318. The lowest BCUT2D eigenvalue weighted by atomic mass is 9.94. The summed E-state index contributed by atoms with van der Waals surface area (Å²) in [7, 11) is 0. The van der Waals surface area contributed by atoms with E-state index in [1.165, 1.54) is 18.3 Å². The summed E-state index contributed by atoms with van der Waals surface area (Å²) in [5.41, 5.74) is 14.7. The lowest BCUT2D eigenvalue weighted by molar-refractivity contribution is -0.144. The smallest absolute Gasteiger partial charge is 0.326 e. The van der Waals surface area contributed by atoms with E-state index in [9.17, 15) is 29.4 Å². The molecule has 0 aliphatic carbocycles. The number of nitrogens with two attached hydrogens (primary N) is 1. The van der Waals surface area contributed by atoms with E-state index in [-0.39, 0.29) is 55.0 Å². The predicted octanol–water partition coefficient (Wildman–Crippen LogP) is 1.27. The van der Waals surface area contributed by atoms with Crippen molar-refractivity contribution < 1.29 is 24.6 Å². The first kappa shape index (κ1) is 27.3. The molecule has 3 rings (SSSR count). The van der Waals surface area contributed by atoms with Crippen LogP contribution in [0.5, 0.6) is 0 Å². The molecule has 0 saturated heterocycles. The summed E-state index contributed by atoms with van der Waals surface area (Å²) < 4.78 is 0. The Balaban J connectivity index is 1.60. The number of benzene rings is 1. The van der Waals surface area contributed by atoms with Crippen LogP contribution in [0.15, 0.2) is 40.4 Å². The zero-order valence-corrected chi connectivity index (χ0v) is 19.9. The van der Waals surface area contributed by atoms with Crippen molar-refractivity contribution in [3.05, 3.63) is 62.5 Å². The summed E-state index contributed by atoms with van der Waals surface area (Å²) in [6.45, 7) is 0.290. The molecular formula is C22H24N10O6. The van der Waals surface area contributed by atoms with Gasteiger partial charge in [-0.15, -0.1) is 0 Å². The van der Waals surface area contributed by atoms with Crippen molar-refractivity contribution in [1.29, 1.82) is 0 Å². The summed E-state index contributed by atoms with van der Waals surface area (Å²) in [5.74, 6) is -4.37. The first-order valence-electron chi connectivity index (χ1n) is 11.3. The molecular weight excluding hydrogens is 500 g/mol. The number of nitrogen functional groups attached to an aromatic ring is 1. The standard InChI is InChI=1S/C22H24N10O6/c23-22-30-17-16(19(34)31-22)28-14(10-26-17)9-25-13-5-3-11(4-6-13)18(33)29-15(21(37)38)8-12(20(35)36)2-1-7-27-32-24/h3-6,10,12,15,25H,1-2,7-9H2,(H,29,33)(H,35,36)(H,37,38)(H3,23,26,30,31,34)/t12?,15-/m0/s1. The highest BCUT2D eigenvalue weighted by atomic mass is 16.4. The van der Waals surface area contributed by atoms with Crippen LogP contribution in [-0.2, 0) is 16.1 Å². The molecule has 1 aromatic carbocycles. The number of carbonyl (C=O) groups excluding carboxylic acids is 1. The quantitative estimate of drug-likeness (QED) is 0.0802. The van der Waals surface area contributed by atoms with E-state index in [4.69, 9.17) is 11.3 Å². The molecule has 198 valence electrons. The van der Waals surface area contributed by atoms with E-state index >= 15 is 0 Å². The highest BCUT2D eigenvalue weighted by Crippen LogP contribution is 2.16. The Morgan fingerprint density at radius 2 is 1.89 bits per heavy atom. The molecule has 3 aromatic rings. The minimum atomic E-state index is -1.43. The first-order valence-corrected chi connectivity index (χ1v) is 11.3. The normalized spacial score (nSPS) is 12.2. The van der Waals surface area contributed by atoms with Crippen molar-refractivity contribution in [2.24, 2.45) is 11.0 Å². The summed E-state index contributed by atoms with van der Waals surface area (Å²) in [6, 6.07) is 4.68. The van der Waals surface area contributed by atoms with Crippen LogP contribution in [0.4, 0.5) is 11.6 Å². The van der Waals surface area contributed by atoms with Gasteiger partial charge < -0.3 is 26.6 Å². The maximum absolute atomic E-state index is 12.6. The number of hydrogen-bond donors (Lipinski definition) is 6. The molecule has 1 amide bonds. The number of aromatic amines is 1. The number of H-pyrrole nitrogens is 1. The van der Waals surface area contributed by atoms with Gasteiger partial charge in [-0.3, -0.25) is 19.4 Å². The number of nitrogens with zero attached hydrogens (tertiary/aromatic N) is 6. The topological polar surface area (TPSA) is 262 Å². The Hall–Kier alpha value is -5.24. The number of carboxylic acids is 2. The first-order chi connectivity index (χ1) is 18.2. The van der Waals surface area contributed by atoms with Crippen LogP contribution in [0.1, 0.15) is 35.3 Å². The minimum Gasteiger partial charge on any atom is -0.481 e. The number of hydrogen-bond acceptors (Lipinski definition) is 10. The SMILES string of the molecule is [N-]=[N+]=NCCCC(C[C@H](NC(=O)c1ccc(NCc2cnc3nc(N)[nH]c(=O)c3n2)cc1)C(=O)O)C(=O)O. The van der Waals surface area contributed by atoms with Crippen molar-refractivity contribution in [3.63, 3.8) is 0 Å². The summed E-state index contributed by atoms with van der Waals surface area (Å²) in [4.78, 5) is 64.9. The molecule has 16 heteroatoms. The van der Waals surface area contributed by atoms with E-state index in [1.807, 2.05) is 0 Å². The summed E-state index contributed by atoms with van der Waals surface area (Å²) in [6.07, 6.45) is 1.47. The van der Waals surface area contributed by atoms with Crippen molar-refractivity contribution in [1.82, 2.24) is 25.3 Å². The molecule has 7 N–H and O–H groups in total. The van der Waals surface area contributed by atoms with Gasteiger partial charge in [0.2, 0.25) is 5.95 Å². The van der Waals surface area contributed by atoms with E-state index in [0.29, 0.717) is 11.4 Å². The zero-order valence-electron chi connectivity index (χ0n) is 19.9. The second kappa shape index (κ2) is 12.6. The molecule has 0 spiro atoms. The Morgan fingerprint density at radius 3 is 2.55 bits per heavy atom. The minimum absolute atomic E-state index is 0.0410. The molecule has 2 atom stereocenters. The number of carbonyl (C=O) groups is 3. The van der Waals surface area contributed by atoms with Gasteiger partial charge in [0.25, 0.3) is 11.5 Å². The van der Waals surface area contributed by atoms with Gasteiger partial charge in [0.15, 0.2) is 11.2 Å². The maximum atomic E-state index is 12.6. The van der Waals surface area contributed by atoms with Crippen LogP contribution in [0.25, 0.3) is 21.6 Å². The maximum Gasteiger partial charge on any atom is 0.326 e. The predicted molar refractivity (Wildman–Crippen MR) is 134 cm³/mol. The lowest BCUT2D eigenvalue weighted by Crippen LogP contribution is -2.43. The van der Waals surface area contributed by atoms with Crippen LogP contribution in [0.3, 0.4) is 0 Å². The molecule has 0 fully saturated rings. The van der Waals surface area contributed by atoms with Crippen molar-refractivity contribution >= 4 is 40.6 Å². The number of amides is 1. The number of carboxylic acid groups (broad SMARTS) is 2. The number of nitrogens with one attached hydrogen (secondary N) is 3. The fourth-order valence-corrected chi connectivity index (χ4v) is 3.53. The highest BCUT2D eigenvalue weighted by Gasteiger charge is 2.28. The Kier molecular flexibility index (Phi) is 9.10. The van der Waals surface area contributed by atoms with Gasteiger partial charge in [0.05, 0.1) is 24.4 Å². The third kappa shape index (κ3) is 7.38.